The van der Waals surface area contributed by atoms with Crippen molar-refractivity contribution in [2.24, 2.45) is 0 Å². The second-order valence-electron chi connectivity index (χ2n) is 5.32. The summed E-state index contributed by atoms with van der Waals surface area (Å²) in [5, 5.41) is 19.6. The topological polar surface area (TPSA) is 62.2 Å². The molecule has 0 bridgehead atoms. The molecule has 0 spiro atoms. The van der Waals surface area contributed by atoms with Crippen LogP contribution in [0, 0.1) is 0 Å². The van der Waals surface area contributed by atoms with Crippen molar-refractivity contribution in [2.75, 3.05) is 32.8 Å². The third kappa shape index (κ3) is 3.70. The van der Waals surface area contributed by atoms with Crippen LogP contribution >= 0.6 is 0 Å². The third-order valence-electron chi connectivity index (χ3n) is 3.28. The van der Waals surface area contributed by atoms with E-state index in [1.807, 2.05) is 43.0 Å². The van der Waals surface area contributed by atoms with E-state index in [-0.39, 0.29) is 12.7 Å². The first-order valence-electron chi connectivity index (χ1n) is 7.00. The van der Waals surface area contributed by atoms with Crippen molar-refractivity contribution >= 4 is 0 Å². The zero-order chi connectivity index (χ0) is 14.6. The van der Waals surface area contributed by atoms with Crippen LogP contribution in [0.25, 0.3) is 0 Å². The molecule has 1 aliphatic heterocycles. The zero-order valence-electron chi connectivity index (χ0n) is 12.1. The molecule has 1 aromatic rings. The first-order chi connectivity index (χ1) is 9.53. The van der Waals surface area contributed by atoms with Crippen LogP contribution in [0.3, 0.4) is 0 Å². The largest absolute Gasteiger partial charge is 0.491 e. The maximum Gasteiger partial charge on any atom is 0.205 e. The second kappa shape index (κ2) is 6.54. The number of ether oxygens (including phenoxy) is 2. The average Bonchev–Trinajstić information content (AvgIpc) is 2.39. The van der Waals surface area contributed by atoms with E-state index in [0.717, 1.165) is 12.3 Å². The van der Waals surface area contributed by atoms with Gasteiger partial charge < -0.3 is 19.7 Å². The molecule has 112 valence electrons. The van der Waals surface area contributed by atoms with Crippen LogP contribution in [-0.2, 0) is 10.5 Å². The van der Waals surface area contributed by atoms with Gasteiger partial charge in [-0.2, -0.15) is 0 Å². The van der Waals surface area contributed by atoms with Crippen molar-refractivity contribution in [3.8, 4) is 5.75 Å². The Hall–Kier alpha value is -1.14. The first kappa shape index (κ1) is 15.3. The van der Waals surface area contributed by atoms with E-state index in [2.05, 4.69) is 0 Å². The van der Waals surface area contributed by atoms with Gasteiger partial charge in [-0.15, -0.1) is 0 Å². The highest BCUT2D eigenvalue weighted by molar-refractivity contribution is 5.30. The molecule has 5 heteroatoms. The Morgan fingerprint density at radius 1 is 1.35 bits per heavy atom. The van der Waals surface area contributed by atoms with Crippen molar-refractivity contribution < 1.29 is 19.7 Å². The van der Waals surface area contributed by atoms with Gasteiger partial charge in [-0.3, -0.25) is 4.90 Å². The van der Waals surface area contributed by atoms with Crippen molar-refractivity contribution in [3.63, 3.8) is 0 Å². The predicted molar refractivity (Wildman–Crippen MR) is 75.6 cm³/mol. The highest BCUT2D eigenvalue weighted by Crippen LogP contribution is 2.28. The van der Waals surface area contributed by atoms with E-state index in [1.54, 1.807) is 0 Å². The summed E-state index contributed by atoms with van der Waals surface area (Å²) in [6.07, 6.45) is 0.120. The Balaban J connectivity index is 2.08. The molecule has 1 heterocycles. The molecule has 5 nitrogen and oxygen atoms in total. The van der Waals surface area contributed by atoms with Gasteiger partial charge >= 0.3 is 0 Å². The summed E-state index contributed by atoms with van der Waals surface area (Å²) < 4.78 is 11.1. The number of β-amino-alcohol motifs (C(OH)–C–C–N with tert-alkyl or cyclic N) is 2. The third-order valence-corrected chi connectivity index (χ3v) is 3.28. The molecule has 1 aromatic carbocycles. The smallest absolute Gasteiger partial charge is 0.205 e. The van der Waals surface area contributed by atoms with Crippen LogP contribution in [-0.4, -0.2) is 54.1 Å². The van der Waals surface area contributed by atoms with Crippen LogP contribution in [0.5, 0.6) is 5.75 Å². The monoisotopic (exact) mass is 281 g/mol. The molecule has 1 unspecified atom stereocenters. The summed E-state index contributed by atoms with van der Waals surface area (Å²) in [7, 11) is 0. The van der Waals surface area contributed by atoms with Gasteiger partial charge in [0.1, 0.15) is 5.75 Å². The second-order valence-corrected chi connectivity index (χ2v) is 5.32. The molecule has 0 aliphatic carbocycles. The normalized spacial score (nSPS) is 24.1. The van der Waals surface area contributed by atoms with Gasteiger partial charge in [-0.05, 0) is 38.1 Å². The van der Waals surface area contributed by atoms with E-state index < -0.39 is 5.79 Å². The first-order valence-corrected chi connectivity index (χ1v) is 7.00. The Labute approximate surface area is 119 Å². The maximum absolute atomic E-state index is 10.6. The zero-order valence-corrected chi connectivity index (χ0v) is 12.1. The van der Waals surface area contributed by atoms with E-state index in [0.29, 0.717) is 25.3 Å². The van der Waals surface area contributed by atoms with E-state index in [4.69, 9.17) is 14.6 Å². The fraction of sp³-hybridized carbons (Fsp3) is 0.600. The molecule has 0 aromatic heterocycles. The number of nitrogens with zero attached hydrogens (tertiary/aromatic N) is 1. The number of hydrogen-bond acceptors (Lipinski definition) is 5. The fourth-order valence-corrected chi connectivity index (χ4v) is 2.34. The predicted octanol–water partition coefficient (Wildman–Crippen LogP) is 0.943. The molecule has 2 rings (SSSR count). The molecule has 0 radical (unpaired) electrons. The fourth-order valence-electron chi connectivity index (χ4n) is 2.34. The van der Waals surface area contributed by atoms with Gasteiger partial charge in [0.05, 0.1) is 25.9 Å². The molecule has 1 fully saturated rings. The molecule has 2 N–H and O–H groups in total. The Kier molecular flexibility index (Phi) is 4.99. The van der Waals surface area contributed by atoms with Gasteiger partial charge in [0, 0.05) is 18.7 Å². The quantitative estimate of drug-likeness (QED) is 0.841. The minimum Gasteiger partial charge on any atom is -0.491 e. The molecular weight excluding hydrogens is 258 g/mol. The molecule has 1 aliphatic rings. The lowest BCUT2D eigenvalue weighted by atomic mass is 10.0. The lowest BCUT2D eigenvalue weighted by molar-refractivity contribution is -0.248. The maximum atomic E-state index is 10.6. The molecule has 1 atom stereocenters. The van der Waals surface area contributed by atoms with Gasteiger partial charge in [-0.1, -0.05) is 0 Å². The number of rotatable bonds is 5. The number of morpholine rings is 1. The summed E-state index contributed by atoms with van der Waals surface area (Å²) in [5.74, 6) is -0.542. The SMILES string of the molecule is CC(C)Oc1ccc(C2(O)CN(CCO)CCO2)cc1. The number of hydrogen-bond donors (Lipinski definition) is 2. The van der Waals surface area contributed by atoms with Crippen molar-refractivity contribution in [3.05, 3.63) is 29.8 Å². The van der Waals surface area contributed by atoms with Crippen LogP contribution in [0.2, 0.25) is 0 Å². The van der Waals surface area contributed by atoms with Crippen LogP contribution < -0.4 is 4.74 Å². The summed E-state index contributed by atoms with van der Waals surface area (Å²) in [6, 6.07) is 7.31. The van der Waals surface area contributed by atoms with Gasteiger partial charge in [0.25, 0.3) is 0 Å². The Morgan fingerprint density at radius 2 is 2.05 bits per heavy atom. The van der Waals surface area contributed by atoms with Crippen molar-refractivity contribution in [1.82, 2.24) is 4.90 Å². The standard InChI is InChI=1S/C15H23NO4/c1-12(2)20-14-5-3-13(4-6-14)15(18)11-16(7-9-17)8-10-19-15/h3-6,12,17-18H,7-11H2,1-2H3. The lowest BCUT2D eigenvalue weighted by Crippen LogP contribution is -2.50. The van der Waals surface area contributed by atoms with Crippen LogP contribution in [0.1, 0.15) is 19.4 Å². The average molecular weight is 281 g/mol. The number of benzene rings is 1. The highest BCUT2D eigenvalue weighted by Gasteiger charge is 2.36. The van der Waals surface area contributed by atoms with E-state index in [9.17, 15) is 5.11 Å². The van der Waals surface area contributed by atoms with Gasteiger partial charge in [0.2, 0.25) is 5.79 Å². The molecular formula is C15H23NO4. The number of aliphatic hydroxyl groups excluding tert-OH is 1. The lowest BCUT2D eigenvalue weighted by Gasteiger charge is -2.39. The van der Waals surface area contributed by atoms with Gasteiger partial charge in [0.15, 0.2) is 0 Å². The number of aliphatic hydroxyl groups is 2. The summed E-state index contributed by atoms with van der Waals surface area (Å²) in [6.45, 7) is 6.09. The van der Waals surface area contributed by atoms with E-state index in [1.165, 1.54) is 0 Å². The van der Waals surface area contributed by atoms with Crippen LogP contribution in [0.4, 0.5) is 0 Å². The van der Waals surface area contributed by atoms with Gasteiger partial charge in [-0.25, -0.2) is 0 Å². The molecule has 0 saturated carbocycles. The Bertz CT molecular complexity index is 418. The summed E-state index contributed by atoms with van der Waals surface area (Å²) in [5.41, 5.74) is 0.705. The molecule has 1 saturated heterocycles. The van der Waals surface area contributed by atoms with Crippen LogP contribution in [0.15, 0.2) is 24.3 Å². The van der Waals surface area contributed by atoms with Crippen molar-refractivity contribution in [1.29, 1.82) is 0 Å². The highest BCUT2D eigenvalue weighted by atomic mass is 16.6. The Morgan fingerprint density at radius 3 is 2.65 bits per heavy atom. The molecule has 20 heavy (non-hydrogen) atoms. The minimum absolute atomic E-state index is 0.0806. The van der Waals surface area contributed by atoms with E-state index >= 15 is 0 Å². The summed E-state index contributed by atoms with van der Waals surface area (Å²) in [4.78, 5) is 1.99. The molecule has 0 amide bonds. The van der Waals surface area contributed by atoms with Crippen molar-refractivity contribution in [2.45, 2.75) is 25.7 Å². The summed E-state index contributed by atoms with van der Waals surface area (Å²) >= 11 is 0. The minimum atomic E-state index is -1.32.